The van der Waals surface area contributed by atoms with Gasteiger partial charge < -0.3 is 26.0 Å². The van der Waals surface area contributed by atoms with Gasteiger partial charge in [-0.1, -0.05) is 26.8 Å². The maximum absolute atomic E-state index is 13.4. The van der Waals surface area contributed by atoms with E-state index in [1.807, 2.05) is 0 Å². The average molecular weight is 684 g/mol. The first kappa shape index (κ1) is 33.7. The Kier molecular flexibility index (Phi) is 9.20. The lowest BCUT2D eigenvalue weighted by atomic mass is 9.84. The van der Waals surface area contributed by atoms with E-state index in [1.54, 1.807) is 18.2 Å². The first-order valence-corrected chi connectivity index (χ1v) is 17.3. The molecule has 15 nitrogen and oxygen atoms in total. The van der Waals surface area contributed by atoms with Crippen LogP contribution in [-0.2, 0) is 20.2 Å². The summed E-state index contributed by atoms with van der Waals surface area (Å²) in [6, 6.07) is 15.3. The molecule has 1 unspecified atom stereocenters. The van der Waals surface area contributed by atoms with Crippen LogP contribution in [-0.4, -0.2) is 63.4 Å². The summed E-state index contributed by atoms with van der Waals surface area (Å²) >= 11 is 0. The van der Waals surface area contributed by atoms with Crippen molar-refractivity contribution < 1.29 is 35.8 Å². The van der Waals surface area contributed by atoms with Gasteiger partial charge in [0.15, 0.2) is 6.23 Å². The third-order valence-corrected chi connectivity index (χ3v) is 9.82. The first-order valence-electron chi connectivity index (χ1n) is 14.4. The van der Waals surface area contributed by atoms with E-state index in [0.29, 0.717) is 34.7 Å². The van der Waals surface area contributed by atoms with Gasteiger partial charge in [-0.2, -0.15) is 31.8 Å². The summed E-state index contributed by atoms with van der Waals surface area (Å²) in [5.74, 6) is -0.249. The quantitative estimate of drug-likeness (QED) is 0.110. The molecule has 0 aliphatic carbocycles. The SMILES string of the molecule is CCC(C)(CC)CN1C(=O)c2cc(Nc3nc(Nc4ccc(S(=O)(=O)O)cc4)nc(Nc4ccc(S(=O)(=O)O)cc4)n3)ccc2C1O. The molecule has 0 bridgehead atoms. The van der Waals surface area contributed by atoms with Crippen molar-refractivity contribution in [1.29, 1.82) is 0 Å². The molecule has 1 aliphatic heterocycles. The molecular weight excluding hydrogens is 651 g/mol. The molecule has 17 heteroatoms. The number of fused-ring (bicyclic) bond motifs is 1. The van der Waals surface area contributed by atoms with Crippen LogP contribution in [0.1, 0.15) is 55.8 Å². The molecule has 47 heavy (non-hydrogen) atoms. The number of carbonyl (C=O) groups is 1. The summed E-state index contributed by atoms with van der Waals surface area (Å²) in [6.07, 6.45) is 0.599. The highest BCUT2D eigenvalue weighted by atomic mass is 32.2. The lowest BCUT2D eigenvalue weighted by Crippen LogP contribution is -2.38. The molecule has 0 radical (unpaired) electrons. The zero-order valence-corrected chi connectivity index (χ0v) is 27.2. The number of anilines is 6. The molecule has 0 fully saturated rings. The number of aliphatic hydroxyl groups is 1. The standard InChI is InChI=1S/C30H33N7O8S2/c1-4-30(3,5-2)17-37-25(38)23-15-10-20(16-24(23)26(37)39)33-29-35-27(31-18-6-11-21(12-7-18)46(40,41)42)34-28(36-29)32-19-8-13-22(14-9-19)47(43,44)45/h6-16,25,38H,4-5,17H2,1-3H3,(H,40,41,42)(H,43,44,45)(H3,31,32,33,34,35,36). The van der Waals surface area contributed by atoms with Crippen molar-refractivity contribution >= 4 is 61.1 Å². The van der Waals surface area contributed by atoms with Crippen LogP contribution in [0.5, 0.6) is 0 Å². The third-order valence-electron chi connectivity index (χ3n) is 8.09. The Hall–Kier alpha value is -4.68. The van der Waals surface area contributed by atoms with Gasteiger partial charge in [-0.05, 0) is 78.9 Å². The smallest absolute Gasteiger partial charge is 0.294 e. The summed E-state index contributed by atoms with van der Waals surface area (Å²) in [4.78, 5) is 27.3. The number of hydrogen-bond acceptors (Lipinski definition) is 12. The number of rotatable bonds is 12. The maximum atomic E-state index is 13.4. The molecule has 0 saturated heterocycles. The molecule has 0 saturated carbocycles. The van der Waals surface area contributed by atoms with E-state index in [2.05, 4.69) is 51.7 Å². The molecule has 248 valence electrons. The summed E-state index contributed by atoms with van der Waals surface area (Å²) in [5.41, 5.74) is 1.86. The fourth-order valence-corrected chi connectivity index (χ4v) is 5.83. The summed E-state index contributed by atoms with van der Waals surface area (Å²) in [6.45, 7) is 6.57. The van der Waals surface area contributed by atoms with Gasteiger partial charge in [0.25, 0.3) is 26.1 Å². The number of carbonyl (C=O) groups excluding carboxylic acids is 1. The molecule has 3 aromatic carbocycles. The number of amides is 1. The van der Waals surface area contributed by atoms with Crippen molar-refractivity contribution in [2.75, 3.05) is 22.5 Å². The Balaban J connectivity index is 1.45. The van der Waals surface area contributed by atoms with E-state index in [4.69, 9.17) is 0 Å². The molecule has 1 atom stereocenters. The van der Waals surface area contributed by atoms with E-state index in [1.165, 1.54) is 53.4 Å². The lowest BCUT2D eigenvalue weighted by molar-refractivity contribution is -0.00196. The minimum Gasteiger partial charge on any atom is -0.369 e. The van der Waals surface area contributed by atoms with Crippen molar-refractivity contribution in [3.05, 3.63) is 77.9 Å². The highest BCUT2D eigenvalue weighted by molar-refractivity contribution is 7.86. The van der Waals surface area contributed by atoms with Crippen LogP contribution in [0.2, 0.25) is 0 Å². The van der Waals surface area contributed by atoms with Gasteiger partial charge in [-0.25, -0.2) is 0 Å². The van der Waals surface area contributed by atoms with Crippen LogP contribution >= 0.6 is 0 Å². The van der Waals surface area contributed by atoms with Crippen LogP contribution < -0.4 is 16.0 Å². The van der Waals surface area contributed by atoms with Crippen LogP contribution in [0.15, 0.2) is 76.5 Å². The Labute approximate surface area is 271 Å². The van der Waals surface area contributed by atoms with E-state index >= 15 is 0 Å². The lowest BCUT2D eigenvalue weighted by Gasteiger charge is -2.33. The largest absolute Gasteiger partial charge is 0.369 e. The molecule has 2 heterocycles. The summed E-state index contributed by atoms with van der Waals surface area (Å²) in [7, 11) is -8.80. The number of aromatic nitrogens is 3. The molecule has 1 aliphatic rings. The van der Waals surface area contributed by atoms with Crippen molar-refractivity contribution in [1.82, 2.24) is 19.9 Å². The Bertz CT molecular complexity index is 1920. The van der Waals surface area contributed by atoms with Gasteiger partial charge in [0.2, 0.25) is 17.8 Å². The van der Waals surface area contributed by atoms with Crippen LogP contribution in [0.4, 0.5) is 34.9 Å². The van der Waals surface area contributed by atoms with Crippen molar-refractivity contribution in [2.24, 2.45) is 5.41 Å². The van der Waals surface area contributed by atoms with Gasteiger partial charge in [0.1, 0.15) is 0 Å². The second kappa shape index (κ2) is 12.8. The minimum atomic E-state index is -4.40. The molecule has 6 N–H and O–H groups in total. The summed E-state index contributed by atoms with van der Waals surface area (Å²) in [5, 5.41) is 19.9. The normalized spacial score (nSPS) is 15.0. The first-order chi connectivity index (χ1) is 22.1. The predicted octanol–water partition coefficient (Wildman–Crippen LogP) is 4.87. The van der Waals surface area contributed by atoms with Gasteiger partial charge in [-0.3, -0.25) is 13.9 Å². The monoisotopic (exact) mass is 683 g/mol. The predicted molar refractivity (Wildman–Crippen MR) is 173 cm³/mol. The Morgan fingerprint density at radius 1 is 0.723 bits per heavy atom. The number of aliphatic hydroxyl groups excluding tert-OH is 1. The molecular formula is C30H33N7O8S2. The zero-order chi connectivity index (χ0) is 34.1. The van der Waals surface area contributed by atoms with Gasteiger partial charge >= 0.3 is 0 Å². The van der Waals surface area contributed by atoms with Crippen molar-refractivity contribution in [2.45, 2.75) is 49.6 Å². The molecule has 1 aromatic heterocycles. The fraction of sp³-hybridized carbons (Fsp3) is 0.267. The highest BCUT2D eigenvalue weighted by Gasteiger charge is 2.39. The van der Waals surface area contributed by atoms with Crippen LogP contribution in [0, 0.1) is 5.41 Å². The maximum Gasteiger partial charge on any atom is 0.294 e. The third kappa shape index (κ3) is 7.66. The van der Waals surface area contributed by atoms with Crippen molar-refractivity contribution in [3.63, 3.8) is 0 Å². The van der Waals surface area contributed by atoms with E-state index in [-0.39, 0.29) is 39.0 Å². The number of benzene rings is 3. The Morgan fingerprint density at radius 2 is 1.13 bits per heavy atom. The highest BCUT2D eigenvalue weighted by Crippen LogP contribution is 2.38. The van der Waals surface area contributed by atoms with E-state index < -0.39 is 26.5 Å². The number of nitrogens with zero attached hydrogens (tertiary/aromatic N) is 4. The molecule has 4 aromatic rings. The van der Waals surface area contributed by atoms with E-state index in [0.717, 1.165) is 12.8 Å². The number of hydrogen-bond donors (Lipinski definition) is 6. The van der Waals surface area contributed by atoms with Crippen molar-refractivity contribution in [3.8, 4) is 0 Å². The topological polar surface area (TPSA) is 224 Å². The number of nitrogens with one attached hydrogen (secondary N) is 3. The summed E-state index contributed by atoms with van der Waals surface area (Å²) < 4.78 is 64.3. The van der Waals surface area contributed by atoms with E-state index in [9.17, 15) is 35.8 Å². The average Bonchev–Trinajstić information content (AvgIpc) is 3.24. The molecule has 1 amide bonds. The van der Waals surface area contributed by atoms with Gasteiger partial charge in [0.05, 0.1) is 9.79 Å². The van der Waals surface area contributed by atoms with Gasteiger partial charge in [0, 0.05) is 34.7 Å². The second-order valence-corrected chi connectivity index (χ2v) is 14.1. The van der Waals surface area contributed by atoms with Crippen LogP contribution in [0.25, 0.3) is 0 Å². The molecule has 0 spiro atoms. The Morgan fingerprint density at radius 3 is 1.53 bits per heavy atom. The van der Waals surface area contributed by atoms with Gasteiger partial charge in [-0.15, -0.1) is 0 Å². The second-order valence-electron chi connectivity index (χ2n) is 11.3. The fourth-order valence-electron chi connectivity index (χ4n) is 4.87. The van der Waals surface area contributed by atoms with Crippen LogP contribution in [0.3, 0.4) is 0 Å². The zero-order valence-electron chi connectivity index (χ0n) is 25.5. The minimum absolute atomic E-state index is 0.0106. The molecule has 5 rings (SSSR count).